The van der Waals surface area contributed by atoms with Crippen molar-refractivity contribution in [1.29, 1.82) is 0 Å². The standard InChI is InChI=1S/C12H18N4S/c1-11-15-12(9-17-11)8-13-4-2-3-6-16-7-5-14-10-16/h5,7,9-10,13H,2-4,6,8H2,1H3. The first-order chi connectivity index (χ1) is 8.34. The molecule has 0 aliphatic carbocycles. The lowest BCUT2D eigenvalue weighted by Crippen LogP contribution is -2.15. The van der Waals surface area contributed by atoms with Crippen LogP contribution in [0.5, 0.6) is 0 Å². The Labute approximate surface area is 106 Å². The quantitative estimate of drug-likeness (QED) is 0.766. The highest BCUT2D eigenvalue weighted by Crippen LogP contribution is 2.07. The van der Waals surface area contributed by atoms with Crippen molar-refractivity contribution in [2.24, 2.45) is 0 Å². The first kappa shape index (κ1) is 12.3. The van der Waals surface area contributed by atoms with E-state index in [2.05, 4.69) is 25.2 Å². The van der Waals surface area contributed by atoms with E-state index in [1.807, 2.05) is 25.6 Å². The lowest BCUT2D eigenvalue weighted by Gasteiger charge is -2.03. The van der Waals surface area contributed by atoms with Crippen molar-refractivity contribution >= 4 is 11.3 Å². The van der Waals surface area contributed by atoms with Gasteiger partial charge in [-0.15, -0.1) is 11.3 Å². The monoisotopic (exact) mass is 250 g/mol. The highest BCUT2D eigenvalue weighted by atomic mass is 32.1. The highest BCUT2D eigenvalue weighted by molar-refractivity contribution is 7.09. The molecule has 0 atom stereocenters. The minimum absolute atomic E-state index is 0.884. The average Bonchev–Trinajstić information content (AvgIpc) is 2.95. The Bertz CT molecular complexity index is 421. The molecule has 0 saturated heterocycles. The van der Waals surface area contributed by atoms with Gasteiger partial charge in [-0.2, -0.15) is 0 Å². The molecule has 0 aromatic carbocycles. The molecule has 2 aromatic rings. The second-order valence-electron chi connectivity index (χ2n) is 4.04. The molecular weight excluding hydrogens is 232 g/mol. The zero-order chi connectivity index (χ0) is 11.9. The molecule has 0 saturated carbocycles. The minimum atomic E-state index is 0.884. The Morgan fingerprint density at radius 1 is 1.41 bits per heavy atom. The van der Waals surface area contributed by atoms with Gasteiger partial charge in [0.05, 0.1) is 17.0 Å². The number of unbranched alkanes of at least 4 members (excludes halogenated alkanes) is 1. The molecule has 0 aliphatic rings. The van der Waals surface area contributed by atoms with E-state index in [9.17, 15) is 0 Å². The lowest BCUT2D eigenvalue weighted by molar-refractivity contribution is 0.566. The number of nitrogens with zero attached hydrogens (tertiary/aromatic N) is 3. The van der Waals surface area contributed by atoms with Gasteiger partial charge in [0.15, 0.2) is 0 Å². The van der Waals surface area contributed by atoms with Gasteiger partial charge in [0.1, 0.15) is 0 Å². The maximum atomic E-state index is 4.41. The first-order valence-corrected chi connectivity index (χ1v) is 6.80. The number of hydrogen-bond donors (Lipinski definition) is 1. The average molecular weight is 250 g/mol. The van der Waals surface area contributed by atoms with Crippen molar-refractivity contribution in [2.75, 3.05) is 6.54 Å². The molecule has 0 spiro atoms. The summed E-state index contributed by atoms with van der Waals surface area (Å²) in [5, 5.41) is 6.67. The number of rotatable bonds is 7. The maximum absolute atomic E-state index is 4.41. The molecule has 1 N–H and O–H groups in total. The van der Waals surface area contributed by atoms with Gasteiger partial charge in [0.2, 0.25) is 0 Å². The molecule has 0 fully saturated rings. The summed E-state index contributed by atoms with van der Waals surface area (Å²) in [6, 6.07) is 0. The number of nitrogens with one attached hydrogen (secondary N) is 1. The summed E-state index contributed by atoms with van der Waals surface area (Å²) in [5.41, 5.74) is 1.15. The number of imidazole rings is 1. The fourth-order valence-corrected chi connectivity index (χ4v) is 2.28. The largest absolute Gasteiger partial charge is 0.337 e. The van der Waals surface area contributed by atoms with Crippen molar-refractivity contribution in [1.82, 2.24) is 19.9 Å². The van der Waals surface area contributed by atoms with Crippen LogP contribution in [-0.2, 0) is 13.1 Å². The van der Waals surface area contributed by atoms with Crippen molar-refractivity contribution in [3.8, 4) is 0 Å². The number of aryl methyl sites for hydroxylation is 2. The molecule has 17 heavy (non-hydrogen) atoms. The van der Waals surface area contributed by atoms with Crippen LogP contribution in [-0.4, -0.2) is 21.1 Å². The van der Waals surface area contributed by atoms with Crippen LogP contribution in [0.15, 0.2) is 24.1 Å². The van der Waals surface area contributed by atoms with E-state index in [-0.39, 0.29) is 0 Å². The Morgan fingerprint density at radius 2 is 2.35 bits per heavy atom. The molecule has 0 unspecified atom stereocenters. The Morgan fingerprint density at radius 3 is 3.06 bits per heavy atom. The summed E-state index contributed by atoms with van der Waals surface area (Å²) in [6.07, 6.45) is 8.06. The zero-order valence-electron chi connectivity index (χ0n) is 10.1. The number of hydrogen-bond acceptors (Lipinski definition) is 4. The summed E-state index contributed by atoms with van der Waals surface area (Å²) in [4.78, 5) is 8.43. The van der Waals surface area contributed by atoms with Crippen molar-refractivity contribution in [2.45, 2.75) is 32.9 Å². The third-order valence-electron chi connectivity index (χ3n) is 2.55. The van der Waals surface area contributed by atoms with E-state index in [4.69, 9.17) is 0 Å². The summed E-state index contributed by atoms with van der Waals surface area (Å²) >= 11 is 1.71. The summed E-state index contributed by atoms with van der Waals surface area (Å²) in [5.74, 6) is 0. The molecular formula is C12H18N4S. The topological polar surface area (TPSA) is 42.7 Å². The molecule has 0 radical (unpaired) electrons. The highest BCUT2D eigenvalue weighted by Gasteiger charge is 1.97. The molecule has 2 aromatic heterocycles. The predicted octanol–water partition coefficient (Wildman–Crippen LogP) is 2.22. The van der Waals surface area contributed by atoms with Gasteiger partial charge in [0, 0.05) is 30.9 Å². The van der Waals surface area contributed by atoms with Crippen molar-refractivity contribution in [3.05, 3.63) is 34.8 Å². The normalized spacial score (nSPS) is 10.9. The fourth-order valence-electron chi connectivity index (χ4n) is 1.67. The maximum Gasteiger partial charge on any atom is 0.0945 e. The van der Waals surface area contributed by atoms with Crippen LogP contribution in [0.1, 0.15) is 23.5 Å². The smallest absolute Gasteiger partial charge is 0.0945 e. The van der Waals surface area contributed by atoms with Crippen LogP contribution in [0.3, 0.4) is 0 Å². The van der Waals surface area contributed by atoms with Gasteiger partial charge >= 0.3 is 0 Å². The Kier molecular flexibility index (Phi) is 4.70. The summed E-state index contributed by atoms with van der Waals surface area (Å²) < 4.78 is 2.11. The van der Waals surface area contributed by atoms with E-state index in [1.165, 1.54) is 12.8 Å². The SMILES string of the molecule is Cc1nc(CNCCCCn2ccnc2)cs1. The molecule has 2 heterocycles. The van der Waals surface area contributed by atoms with Gasteiger partial charge in [-0.05, 0) is 26.3 Å². The van der Waals surface area contributed by atoms with Gasteiger partial charge in [0.25, 0.3) is 0 Å². The van der Waals surface area contributed by atoms with E-state index in [0.29, 0.717) is 0 Å². The second-order valence-corrected chi connectivity index (χ2v) is 5.10. The van der Waals surface area contributed by atoms with Crippen LogP contribution < -0.4 is 5.32 Å². The van der Waals surface area contributed by atoms with E-state index >= 15 is 0 Å². The summed E-state index contributed by atoms with van der Waals surface area (Å²) in [6.45, 7) is 5.03. The molecule has 5 heteroatoms. The van der Waals surface area contributed by atoms with Crippen LogP contribution in [0.4, 0.5) is 0 Å². The number of aromatic nitrogens is 3. The van der Waals surface area contributed by atoms with Gasteiger partial charge in [-0.1, -0.05) is 0 Å². The van der Waals surface area contributed by atoms with Crippen LogP contribution in [0.2, 0.25) is 0 Å². The number of thiazole rings is 1. The molecule has 0 amide bonds. The second kappa shape index (κ2) is 6.51. The fraction of sp³-hybridized carbons (Fsp3) is 0.500. The van der Waals surface area contributed by atoms with Gasteiger partial charge < -0.3 is 9.88 Å². The molecule has 92 valence electrons. The zero-order valence-corrected chi connectivity index (χ0v) is 10.9. The van der Waals surface area contributed by atoms with Crippen LogP contribution in [0, 0.1) is 6.92 Å². The van der Waals surface area contributed by atoms with Crippen LogP contribution in [0.25, 0.3) is 0 Å². The van der Waals surface area contributed by atoms with Crippen LogP contribution >= 0.6 is 11.3 Å². The molecule has 4 nitrogen and oxygen atoms in total. The van der Waals surface area contributed by atoms with E-state index in [0.717, 1.165) is 30.3 Å². The molecule has 2 rings (SSSR count). The van der Waals surface area contributed by atoms with E-state index in [1.54, 1.807) is 11.3 Å². The molecule has 0 aliphatic heterocycles. The summed E-state index contributed by atoms with van der Waals surface area (Å²) in [7, 11) is 0. The minimum Gasteiger partial charge on any atom is -0.337 e. The Hall–Kier alpha value is -1.20. The third-order valence-corrected chi connectivity index (χ3v) is 3.37. The first-order valence-electron chi connectivity index (χ1n) is 5.92. The van der Waals surface area contributed by atoms with Crippen molar-refractivity contribution < 1.29 is 0 Å². The Balaban J connectivity index is 1.52. The van der Waals surface area contributed by atoms with Gasteiger partial charge in [-0.3, -0.25) is 0 Å². The van der Waals surface area contributed by atoms with Gasteiger partial charge in [-0.25, -0.2) is 9.97 Å². The predicted molar refractivity (Wildman–Crippen MR) is 70.0 cm³/mol. The third kappa shape index (κ3) is 4.28. The van der Waals surface area contributed by atoms with Crippen molar-refractivity contribution in [3.63, 3.8) is 0 Å². The van der Waals surface area contributed by atoms with E-state index < -0.39 is 0 Å². The lowest BCUT2D eigenvalue weighted by atomic mass is 10.3. The molecule has 0 bridgehead atoms.